The predicted molar refractivity (Wildman–Crippen MR) is 134 cm³/mol. The quantitative estimate of drug-likeness (QED) is 0.188. The van der Waals surface area contributed by atoms with E-state index in [0.717, 1.165) is 44.5 Å². The fraction of sp³-hybridized carbons (Fsp3) is 0.0667. The third-order valence-corrected chi connectivity index (χ3v) is 5.42. The molecule has 34 heavy (non-hydrogen) atoms. The first-order valence-electron chi connectivity index (χ1n) is 10.8. The van der Waals surface area contributed by atoms with E-state index in [2.05, 4.69) is 47.2 Å². The van der Waals surface area contributed by atoms with Crippen molar-refractivity contribution < 1.29 is 24.5 Å². The Hall–Kier alpha value is -3.59. The van der Waals surface area contributed by atoms with E-state index in [1.165, 1.54) is 11.1 Å². The summed E-state index contributed by atoms with van der Waals surface area (Å²) >= 11 is 0. The summed E-state index contributed by atoms with van der Waals surface area (Å²) in [6.45, 7) is 4.10. The van der Waals surface area contributed by atoms with Crippen LogP contribution in [0.25, 0.3) is 44.5 Å². The third-order valence-electron chi connectivity index (χ3n) is 5.42. The SMILES string of the molecule is Cc1c[c-]c(-c2ccc(C)cn2)cc1.[Ir].[c-]1ccc2c(oc3ccccc32)c1-c1ccccn1. The Morgan fingerprint density at radius 2 is 1.53 bits per heavy atom. The number of nitrogens with zero attached hydrogens (tertiary/aromatic N) is 2. The molecule has 0 aliphatic heterocycles. The average molecular weight is 619 g/mol. The van der Waals surface area contributed by atoms with Gasteiger partial charge in [0.05, 0.1) is 5.58 Å². The molecule has 0 unspecified atom stereocenters. The molecule has 4 heteroatoms. The second-order valence-electron chi connectivity index (χ2n) is 7.91. The molecule has 0 saturated heterocycles. The van der Waals surface area contributed by atoms with Crippen molar-refractivity contribution in [1.29, 1.82) is 0 Å². The van der Waals surface area contributed by atoms with Crippen molar-refractivity contribution >= 4 is 21.9 Å². The molecule has 0 fully saturated rings. The molecule has 0 aliphatic carbocycles. The summed E-state index contributed by atoms with van der Waals surface area (Å²) in [5, 5.41) is 2.23. The summed E-state index contributed by atoms with van der Waals surface area (Å²) in [6.07, 6.45) is 3.66. The molecule has 0 saturated carbocycles. The molecule has 0 spiro atoms. The van der Waals surface area contributed by atoms with Crippen molar-refractivity contribution in [1.82, 2.24) is 9.97 Å². The summed E-state index contributed by atoms with van der Waals surface area (Å²) < 4.78 is 5.97. The van der Waals surface area contributed by atoms with Gasteiger partial charge in [-0.15, -0.1) is 53.6 Å². The topological polar surface area (TPSA) is 38.9 Å². The van der Waals surface area contributed by atoms with Crippen molar-refractivity contribution in [3.05, 3.63) is 121 Å². The molecule has 0 atom stereocenters. The van der Waals surface area contributed by atoms with E-state index < -0.39 is 0 Å². The zero-order valence-electron chi connectivity index (χ0n) is 18.9. The monoisotopic (exact) mass is 619 g/mol. The minimum absolute atomic E-state index is 0. The van der Waals surface area contributed by atoms with Crippen LogP contribution in [0.2, 0.25) is 0 Å². The third kappa shape index (κ3) is 4.99. The van der Waals surface area contributed by atoms with Crippen LogP contribution in [0.1, 0.15) is 11.1 Å². The molecule has 3 heterocycles. The van der Waals surface area contributed by atoms with Gasteiger partial charge in [0.15, 0.2) is 0 Å². The molecule has 0 N–H and O–H groups in total. The minimum Gasteiger partial charge on any atom is -0.501 e. The zero-order valence-corrected chi connectivity index (χ0v) is 21.3. The standard InChI is InChI=1S/C17H10NO.C13H12N.Ir/c1-2-10-16-12(6-1)13-7-5-8-14(17(13)19-16)15-9-3-4-11-18-15;1-10-3-6-12(7-4-10)13-8-5-11(2)9-14-13;/h1-7,9-11H;3-6,8-9H,1-2H3;/q2*-1;. The van der Waals surface area contributed by atoms with Crippen LogP contribution in [-0.4, -0.2) is 9.97 Å². The number of para-hydroxylation sites is 1. The smallest absolute Gasteiger partial charge is 0.120 e. The van der Waals surface area contributed by atoms with Gasteiger partial charge in [0.1, 0.15) is 5.58 Å². The van der Waals surface area contributed by atoms with Gasteiger partial charge in [0.25, 0.3) is 0 Å². The van der Waals surface area contributed by atoms with Crippen LogP contribution in [0.5, 0.6) is 0 Å². The van der Waals surface area contributed by atoms with Crippen molar-refractivity contribution in [2.75, 3.05) is 0 Å². The molecular formula is C30H22IrN2O-2. The molecule has 6 rings (SSSR count). The number of benzene rings is 3. The van der Waals surface area contributed by atoms with E-state index in [9.17, 15) is 0 Å². The van der Waals surface area contributed by atoms with Crippen molar-refractivity contribution in [3.8, 4) is 22.5 Å². The Labute approximate surface area is 212 Å². The first kappa shape index (κ1) is 23.6. The molecular weight excluding hydrogens is 597 g/mol. The fourth-order valence-corrected chi connectivity index (χ4v) is 3.68. The molecule has 6 aromatic rings. The number of furan rings is 1. The zero-order chi connectivity index (χ0) is 22.6. The van der Waals surface area contributed by atoms with E-state index in [-0.39, 0.29) is 20.1 Å². The van der Waals surface area contributed by atoms with Gasteiger partial charge in [-0.3, -0.25) is 0 Å². The van der Waals surface area contributed by atoms with Crippen LogP contribution >= 0.6 is 0 Å². The van der Waals surface area contributed by atoms with Crippen LogP contribution in [-0.2, 0) is 20.1 Å². The summed E-state index contributed by atoms with van der Waals surface area (Å²) in [4.78, 5) is 8.72. The van der Waals surface area contributed by atoms with Gasteiger partial charge < -0.3 is 14.4 Å². The molecule has 3 nitrogen and oxygen atoms in total. The van der Waals surface area contributed by atoms with E-state index in [0.29, 0.717) is 0 Å². The second-order valence-corrected chi connectivity index (χ2v) is 7.91. The van der Waals surface area contributed by atoms with Crippen molar-refractivity contribution in [3.63, 3.8) is 0 Å². The van der Waals surface area contributed by atoms with Crippen LogP contribution in [0.4, 0.5) is 0 Å². The van der Waals surface area contributed by atoms with Crippen LogP contribution in [0.3, 0.4) is 0 Å². The van der Waals surface area contributed by atoms with Gasteiger partial charge in [-0.2, -0.15) is 0 Å². The number of hydrogen-bond acceptors (Lipinski definition) is 3. The molecule has 0 aliphatic rings. The summed E-state index contributed by atoms with van der Waals surface area (Å²) in [5.41, 5.74) is 7.98. The average Bonchev–Trinajstić information content (AvgIpc) is 3.25. The fourth-order valence-electron chi connectivity index (χ4n) is 3.68. The second kappa shape index (κ2) is 10.6. The Bertz CT molecular complexity index is 1460. The van der Waals surface area contributed by atoms with E-state index >= 15 is 0 Å². The van der Waals surface area contributed by atoms with Crippen LogP contribution < -0.4 is 0 Å². The number of hydrogen-bond donors (Lipinski definition) is 0. The summed E-state index contributed by atoms with van der Waals surface area (Å²) in [5.74, 6) is 0. The maximum Gasteiger partial charge on any atom is 0.120 e. The minimum atomic E-state index is 0. The van der Waals surface area contributed by atoms with E-state index in [4.69, 9.17) is 4.42 Å². The van der Waals surface area contributed by atoms with Gasteiger partial charge in [0, 0.05) is 37.9 Å². The molecule has 169 valence electrons. The predicted octanol–water partition coefficient (Wildman–Crippen LogP) is 7.61. The van der Waals surface area contributed by atoms with Crippen molar-refractivity contribution in [2.24, 2.45) is 0 Å². The van der Waals surface area contributed by atoms with Crippen molar-refractivity contribution in [2.45, 2.75) is 13.8 Å². The normalized spacial score (nSPS) is 10.4. The summed E-state index contributed by atoms with van der Waals surface area (Å²) in [7, 11) is 0. The van der Waals surface area contributed by atoms with Gasteiger partial charge in [-0.05, 0) is 36.0 Å². The first-order chi connectivity index (χ1) is 16.2. The number of aryl methyl sites for hydroxylation is 2. The number of fused-ring (bicyclic) bond motifs is 3. The summed E-state index contributed by atoms with van der Waals surface area (Å²) in [6, 6.07) is 34.5. The Morgan fingerprint density at radius 3 is 2.26 bits per heavy atom. The Kier molecular flexibility index (Phi) is 7.32. The molecule has 1 radical (unpaired) electrons. The van der Waals surface area contributed by atoms with Gasteiger partial charge >= 0.3 is 0 Å². The first-order valence-corrected chi connectivity index (χ1v) is 10.8. The maximum absolute atomic E-state index is 5.97. The number of rotatable bonds is 2. The molecule has 0 amide bonds. The molecule has 3 aromatic heterocycles. The van der Waals surface area contributed by atoms with E-state index in [1.807, 2.05) is 79.9 Å². The van der Waals surface area contributed by atoms with Gasteiger partial charge in [-0.1, -0.05) is 60.3 Å². The van der Waals surface area contributed by atoms with Crippen LogP contribution in [0.15, 0.2) is 102 Å². The maximum atomic E-state index is 5.97. The number of pyridine rings is 2. The van der Waals surface area contributed by atoms with Crippen LogP contribution in [0, 0.1) is 26.0 Å². The molecule has 3 aromatic carbocycles. The molecule has 0 bridgehead atoms. The van der Waals surface area contributed by atoms with E-state index in [1.54, 1.807) is 6.20 Å². The largest absolute Gasteiger partial charge is 0.501 e. The van der Waals surface area contributed by atoms with Gasteiger partial charge in [-0.25, -0.2) is 0 Å². The van der Waals surface area contributed by atoms with Gasteiger partial charge in [0.2, 0.25) is 0 Å². The Morgan fingerprint density at radius 1 is 0.706 bits per heavy atom. The number of aromatic nitrogens is 2. The Balaban J connectivity index is 0.000000164.